The van der Waals surface area contributed by atoms with Gasteiger partial charge in [-0.2, -0.15) is 10.4 Å². The second-order valence-electron chi connectivity index (χ2n) is 5.41. The van der Waals surface area contributed by atoms with Crippen LogP contribution in [0.25, 0.3) is 0 Å². The number of pyridine rings is 1. The third-order valence-corrected chi connectivity index (χ3v) is 3.52. The topological polar surface area (TPSA) is 143 Å². The quantitative estimate of drug-likeness (QED) is 0.429. The van der Waals surface area contributed by atoms with Crippen molar-refractivity contribution in [2.24, 2.45) is 5.10 Å². The van der Waals surface area contributed by atoms with Crippen molar-refractivity contribution in [3.63, 3.8) is 0 Å². The van der Waals surface area contributed by atoms with Gasteiger partial charge in [-0.1, -0.05) is 0 Å². The molecule has 1 heterocycles. The van der Waals surface area contributed by atoms with Crippen LogP contribution < -0.4 is 10.2 Å². The van der Waals surface area contributed by atoms with Crippen molar-refractivity contribution in [3.05, 3.63) is 50.7 Å². The van der Waals surface area contributed by atoms with Crippen LogP contribution in [-0.2, 0) is 11.3 Å². The lowest BCUT2D eigenvalue weighted by Gasteiger charge is -2.09. The highest BCUT2D eigenvalue weighted by Gasteiger charge is 2.19. The summed E-state index contributed by atoms with van der Waals surface area (Å²) in [6.45, 7) is 2.01. The Hall–Kier alpha value is -3.71. The van der Waals surface area contributed by atoms with Gasteiger partial charge >= 0.3 is 5.69 Å². The van der Waals surface area contributed by atoms with Crippen LogP contribution in [0.4, 0.5) is 11.5 Å². The van der Waals surface area contributed by atoms with E-state index >= 15 is 0 Å². The summed E-state index contributed by atoms with van der Waals surface area (Å²) < 4.78 is 10.0. The summed E-state index contributed by atoms with van der Waals surface area (Å²) in [5.74, 6) is -0.385. The number of hydrogen-bond acceptors (Lipinski definition) is 9. The number of rotatable bonds is 7. The Morgan fingerprint density at radius 1 is 1.44 bits per heavy atom. The molecular formula is C17H17N5O5. The van der Waals surface area contributed by atoms with E-state index in [0.717, 1.165) is 6.07 Å². The van der Waals surface area contributed by atoms with Gasteiger partial charge in [0.2, 0.25) is 5.75 Å². The average Bonchev–Trinajstić information content (AvgIpc) is 2.62. The third kappa shape index (κ3) is 4.47. The zero-order valence-corrected chi connectivity index (χ0v) is 14.9. The van der Waals surface area contributed by atoms with Crippen LogP contribution in [0.15, 0.2) is 23.3 Å². The number of nitriles is 1. The monoisotopic (exact) mass is 371 g/mol. The Morgan fingerprint density at radius 2 is 2.19 bits per heavy atom. The number of nitrogens with one attached hydrogen (secondary N) is 1. The van der Waals surface area contributed by atoms with Gasteiger partial charge in [0.05, 0.1) is 24.9 Å². The molecule has 0 unspecified atom stereocenters. The highest BCUT2D eigenvalue weighted by Crippen LogP contribution is 2.36. The molecule has 2 aromatic rings. The van der Waals surface area contributed by atoms with Crippen molar-refractivity contribution >= 4 is 17.7 Å². The number of aromatic nitrogens is 1. The van der Waals surface area contributed by atoms with E-state index in [1.807, 2.05) is 0 Å². The van der Waals surface area contributed by atoms with E-state index in [1.165, 1.54) is 26.5 Å². The van der Waals surface area contributed by atoms with E-state index in [9.17, 15) is 20.5 Å². The Labute approximate surface area is 154 Å². The van der Waals surface area contributed by atoms with E-state index in [-0.39, 0.29) is 23.7 Å². The first-order chi connectivity index (χ1) is 12.9. The molecule has 0 aliphatic rings. The average molecular weight is 371 g/mol. The van der Waals surface area contributed by atoms with Crippen LogP contribution in [0.3, 0.4) is 0 Å². The Kier molecular flexibility index (Phi) is 6.24. The summed E-state index contributed by atoms with van der Waals surface area (Å²) in [5.41, 5.74) is 4.08. The number of anilines is 1. The fourth-order valence-electron chi connectivity index (χ4n) is 2.37. The molecule has 0 aliphatic carbocycles. The molecule has 2 rings (SSSR count). The number of aromatic hydroxyl groups is 1. The van der Waals surface area contributed by atoms with E-state index in [0.29, 0.717) is 16.8 Å². The fourth-order valence-corrected chi connectivity index (χ4v) is 2.37. The van der Waals surface area contributed by atoms with Gasteiger partial charge in [-0.15, -0.1) is 0 Å². The van der Waals surface area contributed by atoms with Gasteiger partial charge in [-0.25, -0.2) is 4.98 Å². The number of benzene rings is 1. The molecule has 1 aromatic carbocycles. The molecule has 27 heavy (non-hydrogen) atoms. The van der Waals surface area contributed by atoms with Crippen LogP contribution in [-0.4, -0.2) is 35.4 Å². The number of hydrogen-bond donors (Lipinski definition) is 2. The lowest BCUT2D eigenvalue weighted by Crippen LogP contribution is -2.03. The molecule has 0 atom stereocenters. The molecular weight excluding hydrogens is 354 g/mol. The van der Waals surface area contributed by atoms with Crippen LogP contribution in [0.1, 0.15) is 22.4 Å². The molecule has 0 bridgehead atoms. The van der Waals surface area contributed by atoms with E-state index in [1.54, 1.807) is 13.0 Å². The molecule has 10 nitrogen and oxygen atoms in total. The number of phenolic OH excluding ortho intramolecular Hbond substituents is 1. The van der Waals surface area contributed by atoms with Crippen molar-refractivity contribution in [2.75, 3.05) is 19.6 Å². The van der Waals surface area contributed by atoms with Gasteiger partial charge in [0.15, 0.2) is 11.6 Å². The van der Waals surface area contributed by atoms with E-state index in [4.69, 9.17) is 9.47 Å². The summed E-state index contributed by atoms with van der Waals surface area (Å²) >= 11 is 0. The maximum absolute atomic E-state index is 11.0. The van der Waals surface area contributed by atoms with Crippen LogP contribution >= 0.6 is 0 Å². The molecule has 0 fully saturated rings. The summed E-state index contributed by atoms with van der Waals surface area (Å²) in [7, 11) is 2.80. The molecule has 0 radical (unpaired) electrons. The van der Waals surface area contributed by atoms with Crippen molar-refractivity contribution in [2.45, 2.75) is 13.5 Å². The van der Waals surface area contributed by atoms with Crippen LogP contribution in [0.2, 0.25) is 0 Å². The van der Waals surface area contributed by atoms with E-state index in [2.05, 4.69) is 21.6 Å². The maximum atomic E-state index is 11.0. The Balaban J connectivity index is 2.35. The highest BCUT2D eigenvalue weighted by atomic mass is 16.6. The maximum Gasteiger partial charge on any atom is 0.315 e. The zero-order chi connectivity index (χ0) is 20.0. The second-order valence-corrected chi connectivity index (χ2v) is 5.41. The predicted octanol–water partition coefficient (Wildman–Crippen LogP) is 2.48. The van der Waals surface area contributed by atoms with Gasteiger partial charge in [0, 0.05) is 30.0 Å². The van der Waals surface area contributed by atoms with E-state index < -0.39 is 16.4 Å². The van der Waals surface area contributed by atoms with Crippen LogP contribution in [0.5, 0.6) is 11.5 Å². The normalized spacial score (nSPS) is 10.6. The minimum absolute atomic E-state index is 0.0561. The van der Waals surface area contributed by atoms with Gasteiger partial charge in [0.25, 0.3) is 0 Å². The lowest BCUT2D eigenvalue weighted by atomic mass is 10.1. The number of aryl methyl sites for hydroxylation is 1. The van der Waals surface area contributed by atoms with Gasteiger partial charge in [-0.05, 0) is 19.1 Å². The summed E-state index contributed by atoms with van der Waals surface area (Å²) in [5, 5.41) is 34.2. The third-order valence-electron chi connectivity index (χ3n) is 3.52. The summed E-state index contributed by atoms with van der Waals surface area (Å²) in [6, 6.07) is 6.33. The zero-order valence-electron chi connectivity index (χ0n) is 14.9. The first kappa shape index (κ1) is 19.6. The molecule has 0 aliphatic heterocycles. The molecule has 10 heteroatoms. The number of hydrazone groups is 1. The minimum atomic E-state index is -0.727. The van der Waals surface area contributed by atoms with Gasteiger partial charge in [-0.3, -0.25) is 15.5 Å². The number of nitrogens with zero attached hydrogens (tertiary/aromatic N) is 4. The molecule has 0 spiro atoms. The number of phenols is 1. The van der Waals surface area contributed by atoms with Crippen molar-refractivity contribution in [1.29, 1.82) is 5.26 Å². The van der Waals surface area contributed by atoms with Gasteiger partial charge < -0.3 is 14.6 Å². The standard InChI is InChI=1S/C17H17N5O5/c1-10-4-12(9-26-2)13(7-18)17(20-10)21-19-8-11-5-14(22(24)25)16(23)15(6-11)27-3/h4-6,8,23H,9H2,1-3H3,(H,20,21)/b19-8-. The van der Waals surface area contributed by atoms with Crippen molar-refractivity contribution in [1.82, 2.24) is 4.98 Å². The number of methoxy groups -OCH3 is 2. The first-order valence-electron chi connectivity index (χ1n) is 7.65. The number of ether oxygens (including phenoxy) is 2. The fraction of sp³-hybridized carbons (Fsp3) is 0.235. The lowest BCUT2D eigenvalue weighted by molar-refractivity contribution is -0.386. The SMILES string of the molecule is COCc1cc(C)nc(N/N=C\c2cc(OC)c(O)c([N+](=O)[O-])c2)c1C#N. The van der Waals surface area contributed by atoms with Crippen molar-refractivity contribution in [3.8, 4) is 17.6 Å². The first-order valence-corrected chi connectivity index (χ1v) is 7.65. The molecule has 1 aromatic heterocycles. The molecule has 140 valence electrons. The highest BCUT2D eigenvalue weighted by molar-refractivity contribution is 5.83. The molecule has 0 amide bonds. The molecule has 0 saturated carbocycles. The summed E-state index contributed by atoms with van der Waals surface area (Å²) in [4.78, 5) is 14.5. The van der Waals surface area contributed by atoms with Crippen LogP contribution in [0, 0.1) is 28.4 Å². The Morgan fingerprint density at radius 3 is 2.78 bits per heavy atom. The second kappa shape index (κ2) is 8.59. The Bertz CT molecular complexity index is 936. The molecule has 2 N–H and O–H groups in total. The number of nitro groups is 1. The summed E-state index contributed by atoms with van der Waals surface area (Å²) in [6.07, 6.45) is 1.29. The minimum Gasteiger partial charge on any atom is -0.500 e. The largest absolute Gasteiger partial charge is 0.500 e. The number of nitro benzene ring substituents is 1. The predicted molar refractivity (Wildman–Crippen MR) is 96.9 cm³/mol. The van der Waals surface area contributed by atoms with Gasteiger partial charge in [0.1, 0.15) is 11.6 Å². The molecule has 0 saturated heterocycles. The smallest absolute Gasteiger partial charge is 0.315 e. The van der Waals surface area contributed by atoms with Crippen molar-refractivity contribution < 1.29 is 19.5 Å².